The molecule has 1 saturated carbocycles. The van der Waals surface area contributed by atoms with Gasteiger partial charge in [0.2, 0.25) is 5.91 Å². The van der Waals surface area contributed by atoms with Gasteiger partial charge < -0.3 is 10.6 Å². The number of carbonyl (C=O) groups excluding carboxylic acids is 1. The summed E-state index contributed by atoms with van der Waals surface area (Å²) in [5.74, 6) is 6.22. The van der Waals surface area contributed by atoms with Crippen LogP contribution >= 0.6 is 0 Å². The fourth-order valence-electron chi connectivity index (χ4n) is 3.08. The molecule has 0 heterocycles. The molecule has 1 aliphatic rings. The molecule has 0 atom stereocenters. The highest BCUT2D eigenvalue weighted by atomic mass is 16.2. The van der Waals surface area contributed by atoms with Crippen LogP contribution in [0.25, 0.3) is 0 Å². The van der Waals surface area contributed by atoms with Crippen molar-refractivity contribution in [3.8, 4) is 11.8 Å². The summed E-state index contributed by atoms with van der Waals surface area (Å²) in [5, 5.41) is 0. The summed E-state index contributed by atoms with van der Waals surface area (Å²) in [7, 11) is 1.89. The Hall–Kier alpha value is -1.79. The molecule has 112 valence electrons. The minimum atomic E-state index is -0.174. The van der Waals surface area contributed by atoms with Gasteiger partial charge in [0.15, 0.2) is 0 Å². The second kappa shape index (κ2) is 6.78. The van der Waals surface area contributed by atoms with Gasteiger partial charge in [-0.3, -0.25) is 4.79 Å². The fourth-order valence-corrected chi connectivity index (χ4v) is 3.08. The summed E-state index contributed by atoms with van der Waals surface area (Å²) >= 11 is 0. The maximum atomic E-state index is 12.7. The topological polar surface area (TPSA) is 46.3 Å². The van der Waals surface area contributed by atoms with Crippen LogP contribution in [0.1, 0.15) is 43.7 Å². The van der Waals surface area contributed by atoms with Crippen molar-refractivity contribution >= 4 is 5.91 Å². The summed E-state index contributed by atoms with van der Waals surface area (Å²) < 4.78 is 0. The number of nitrogens with two attached hydrogens (primary N) is 1. The van der Waals surface area contributed by atoms with E-state index in [0.29, 0.717) is 13.1 Å². The van der Waals surface area contributed by atoms with Crippen molar-refractivity contribution in [1.29, 1.82) is 0 Å². The standard InChI is InChI=1S/C18H24N2O/c1-18(11-5-6-12-18)17(21)20(2)14-16-9-4-3-8-15(16)10-7-13-19/h3-4,8-9H,5-6,11-14,19H2,1-2H3. The molecule has 21 heavy (non-hydrogen) atoms. The third-order valence-electron chi connectivity index (χ3n) is 4.32. The first-order valence-corrected chi connectivity index (χ1v) is 7.59. The van der Waals surface area contributed by atoms with Gasteiger partial charge in [0.25, 0.3) is 0 Å². The number of amides is 1. The van der Waals surface area contributed by atoms with Crippen molar-refractivity contribution in [2.45, 2.75) is 39.2 Å². The highest BCUT2D eigenvalue weighted by Gasteiger charge is 2.38. The summed E-state index contributed by atoms with van der Waals surface area (Å²) in [6, 6.07) is 7.96. The first-order valence-electron chi connectivity index (χ1n) is 7.59. The number of hydrogen-bond acceptors (Lipinski definition) is 2. The van der Waals surface area contributed by atoms with E-state index in [1.165, 1.54) is 0 Å². The molecule has 0 saturated heterocycles. The molecule has 2 rings (SSSR count). The molecule has 1 fully saturated rings. The Labute approximate surface area is 127 Å². The van der Waals surface area contributed by atoms with Crippen LogP contribution in [0.4, 0.5) is 0 Å². The maximum absolute atomic E-state index is 12.7. The molecule has 0 spiro atoms. The Bertz CT molecular complexity index is 562. The maximum Gasteiger partial charge on any atom is 0.228 e. The van der Waals surface area contributed by atoms with Gasteiger partial charge >= 0.3 is 0 Å². The Balaban J connectivity index is 2.12. The number of hydrogen-bond donors (Lipinski definition) is 1. The molecule has 3 heteroatoms. The zero-order chi connectivity index (χ0) is 15.3. The minimum Gasteiger partial charge on any atom is -0.341 e. The first kappa shape index (κ1) is 15.6. The van der Waals surface area contributed by atoms with Crippen LogP contribution in [0.5, 0.6) is 0 Å². The van der Waals surface area contributed by atoms with Gasteiger partial charge in [-0.1, -0.05) is 49.8 Å². The molecule has 3 nitrogen and oxygen atoms in total. The smallest absolute Gasteiger partial charge is 0.228 e. The highest BCUT2D eigenvalue weighted by Crippen LogP contribution is 2.39. The van der Waals surface area contributed by atoms with Gasteiger partial charge in [-0.15, -0.1) is 0 Å². The van der Waals surface area contributed by atoms with E-state index in [1.54, 1.807) is 0 Å². The number of nitrogens with zero attached hydrogens (tertiary/aromatic N) is 1. The molecule has 0 unspecified atom stereocenters. The van der Waals surface area contributed by atoms with E-state index in [2.05, 4.69) is 18.8 Å². The van der Waals surface area contributed by atoms with Crippen LogP contribution in [0.3, 0.4) is 0 Å². The van der Waals surface area contributed by atoms with Crippen molar-refractivity contribution in [3.63, 3.8) is 0 Å². The van der Waals surface area contributed by atoms with Gasteiger partial charge in [0.1, 0.15) is 0 Å². The van der Waals surface area contributed by atoms with E-state index >= 15 is 0 Å². The quantitative estimate of drug-likeness (QED) is 0.867. The average Bonchev–Trinajstić information content (AvgIpc) is 2.93. The van der Waals surface area contributed by atoms with Crippen LogP contribution in [-0.2, 0) is 11.3 Å². The predicted octanol–water partition coefficient (Wildman–Crippen LogP) is 2.54. The molecule has 0 aliphatic heterocycles. The van der Waals surface area contributed by atoms with E-state index in [0.717, 1.165) is 36.8 Å². The van der Waals surface area contributed by atoms with E-state index in [9.17, 15) is 4.79 Å². The lowest BCUT2D eigenvalue weighted by atomic mass is 9.87. The zero-order valence-corrected chi connectivity index (χ0v) is 13.0. The van der Waals surface area contributed by atoms with Gasteiger partial charge in [-0.05, 0) is 24.5 Å². The largest absolute Gasteiger partial charge is 0.341 e. The van der Waals surface area contributed by atoms with Crippen LogP contribution < -0.4 is 5.73 Å². The molecule has 1 aromatic carbocycles. The third-order valence-corrected chi connectivity index (χ3v) is 4.32. The van der Waals surface area contributed by atoms with E-state index in [-0.39, 0.29) is 11.3 Å². The molecular weight excluding hydrogens is 260 g/mol. The Morgan fingerprint density at radius 3 is 2.67 bits per heavy atom. The summed E-state index contributed by atoms with van der Waals surface area (Å²) in [6.07, 6.45) is 4.33. The highest BCUT2D eigenvalue weighted by molar-refractivity contribution is 5.82. The van der Waals surface area contributed by atoms with Gasteiger partial charge in [0.05, 0.1) is 6.54 Å². The Morgan fingerprint density at radius 2 is 2.00 bits per heavy atom. The second-order valence-electron chi connectivity index (χ2n) is 6.09. The van der Waals surface area contributed by atoms with Crippen molar-refractivity contribution < 1.29 is 4.79 Å². The first-order chi connectivity index (χ1) is 10.1. The molecular formula is C18H24N2O. The normalized spacial score (nSPS) is 16.1. The van der Waals surface area contributed by atoms with Gasteiger partial charge in [-0.25, -0.2) is 0 Å². The molecule has 0 radical (unpaired) electrons. The molecule has 2 N–H and O–H groups in total. The SMILES string of the molecule is CN(Cc1ccccc1C#CCN)C(=O)C1(C)CCCC1. The summed E-state index contributed by atoms with van der Waals surface area (Å²) in [6.45, 7) is 3.05. The number of rotatable bonds is 3. The molecule has 0 bridgehead atoms. The number of benzene rings is 1. The Kier molecular flexibility index (Phi) is 5.03. The van der Waals surface area contributed by atoms with E-state index in [1.807, 2.05) is 36.2 Å². The minimum absolute atomic E-state index is 0.174. The number of carbonyl (C=O) groups is 1. The average molecular weight is 284 g/mol. The fraction of sp³-hybridized carbons (Fsp3) is 0.500. The molecule has 0 aromatic heterocycles. The monoisotopic (exact) mass is 284 g/mol. The van der Waals surface area contributed by atoms with Crippen molar-refractivity contribution in [2.24, 2.45) is 11.1 Å². The van der Waals surface area contributed by atoms with Crippen LogP contribution in [0.15, 0.2) is 24.3 Å². The lowest BCUT2D eigenvalue weighted by Crippen LogP contribution is -2.38. The van der Waals surface area contributed by atoms with Crippen LogP contribution in [0.2, 0.25) is 0 Å². The van der Waals surface area contributed by atoms with E-state index < -0.39 is 0 Å². The van der Waals surface area contributed by atoms with Gasteiger partial charge in [0, 0.05) is 24.6 Å². The van der Waals surface area contributed by atoms with Gasteiger partial charge in [-0.2, -0.15) is 0 Å². The van der Waals surface area contributed by atoms with E-state index in [4.69, 9.17) is 5.73 Å². The lowest BCUT2D eigenvalue weighted by molar-refractivity contribution is -0.140. The zero-order valence-electron chi connectivity index (χ0n) is 13.0. The van der Waals surface area contributed by atoms with Crippen molar-refractivity contribution in [3.05, 3.63) is 35.4 Å². The second-order valence-corrected chi connectivity index (χ2v) is 6.09. The lowest BCUT2D eigenvalue weighted by Gasteiger charge is -2.29. The summed E-state index contributed by atoms with van der Waals surface area (Å²) in [4.78, 5) is 14.5. The molecule has 1 aliphatic carbocycles. The third kappa shape index (κ3) is 3.65. The molecule has 1 aromatic rings. The van der Waals surface area contributed by atoms with Crippen LogP contribution in [0, 0.1) is 17.3 Å². The van der Waals surface area contributed by atoms with Crippen molar-refractivity contribution in [1.82, 2.24) is 4.90 Å². The predicted molar refractivity (Wildman–Crippen MR) is 85.4 cm³/mol. The Morgan fingerprint density at radius 1 is 1.33 bits per heavy atom. The van der Waals surface area contributed by atoms with Crippen LogP contribution in [-0.4, -0.2) is 24.4 Å². The summed E-state index contributed by atoms with van der Waals surface area (Å²) in [5.41, 5.74) is 7.30. The van der Waals surface area contributed by atoms with Crippen molar-refractivity contribution in [2.75, 3.05) is 13.6 Å². The molecule has 1 amide bonds.